The molecule has 4 aromatic rings. The molecule has 0 saturated carbocycles. The van der Waals surface area contributed by atoms with Gasteiger partial charge in [0.05, 0.1) is 0 Å². The highest BCUT2D eigenvalue weighted by atomic mass is 19.5. The molecule has 2 aromatic carbocycles. The highest BCUT2D eigenvalue weighted by Crippen LogP contribution is 2.19. The summed E-state index contributed by atoms with van der Waals surface area (Å²) < 4.78 is 82.4. The minimum Gasteiger partial charge on any atom is -0.418 e. The molecule has 0 saturated heterocycles. The maximum atomic E-state index is 9.75. The molecule has 0 radical (unpaired) electrons. The zero-order chi connectivity index (χ0) is 28.7. The number of halogens is 8. The van der Waals surface area contributed by atoms with Gasteiger partial charge in [-0.15, -0.1) is 0 Å². The molecule has 2 heterocycles. The molecule has 0 fully saturated rings. The van der Waals surface area contributed by atoms with Crippen LogP contribution in [0.25, 0.3) is 22.5 Å². The summed E-state index contributed by atoms with van der Waals surface area (Å²) in [7, 11) is -12.0. The van der Waals surface area contributed by atoms with E-state index >= 15 is 0 Å². The molecule has 0 spiro atoms. The highest BCUT2D eigenvalue weighted by Gasteiger charge is 2.21. The largest absolute Gasteiger partial charge is 0.673 e. The molecule has 0 N–H and O–H groups in total. The van der Waals surface area contributed by atoms with Crippen molar-refractivity contribution >= 4 is 14.5 Å². The van der Waals surface area contributed by atoms with E-state index < -0.39 is 14.5 Å². The van der Waals surface area contributed by atoms with Gasteiger partial charge in [-0.25, -0.2) is 0 Å². The number of benzene rings is 2. The fraction of sp³-hybridized carbons (Fsp3) is 0.154. The van der Waals surface area contributed by atoms with Gasteiger partial charge in [0, 0.05) is 46.5 Å². The Hall–Kier alpha value is -3.69. The Morgan fingerprint density at radius 3 is 0.842 bits per heavy atom. The lowest BCUT2D eigenvalue weighted by Gasteiger charge is -2.06. The number of hydrogen-bond donors (Lipinski definition) is 0. The van der Waals surface area contributed by atoms with Crippen molar-refractivity contribution in [2.24, 2.45) is 0 Å². The van der Waals surface area contributed by atoms with Gasteiger partial charge in [0.15, 0.2) is 24.8 Å². The van der Waals surface area contributed by atoms with Crippen molar-refractivity contribution in [2.75, 3.05) is 0 Å². The van der Waals surface area contributed by atoms with Crippen molar-refractivity contribution in [1.82, 2.24) is 0 Å². The van der Waals surface area contributed by atoms with E-state index in [-0.39, 0.29) is 0 Å². The summed E-state index contributed by atoms with van der Waals surface area (Å²) in [5, 5.41) is 0. The third kappa shape index (κ3) is 9.99. The Balaban J connectivity index is 0.000000435. The van der Waals surface area contributed by atoms with Crippen LogP contribution >= 0.6 is 0 Å². The van der Waals surface area contributed by atoms with Gasteiger partial charge in [-0.1, -0.05) is 36.4 Å². The molecule has 2 aromatic heterocycles. The Kier molecular flexibility index (Phi) is 10.2. The van der Waals surface area contributed by atoms with Gasteiger partial charge in [0.1, 0.15) is 0 Å². The molecule has 2 nitrogen and oxygen atoms in total. The standard InChI is InChI=1S/C26H26N2.2BF4/c1-19-7-5-8-20(2)25(19)27-15-11-23(12-16-27)24-13-17-28(18-14-24)26-21(3)9-6-10-22(26)4;2*2-1(3,4)5/h5-18H,1-4H3;;/q+2;2*-1. The second-order valence-corrected chi connectivity index (χ2v) is 8.46. The van der Waals surface area contributed by atoms with Crippen LogP contribution in [0.5, 0.6) is 0 Å². The minimum atomic E-state index is -6.00. The van der Waals surface area contributed by atoms with E-state index in [9.17, 15) is 34.5 Å². The first kappa shape index (κ1) is 30.5. The lowest BCUT2D eigenvalue weighted by atomic mass is 10.1. The van der Waals surface area contributed by atoms with Crippen LogP contribution in [0.15, 0.2) is 85.5 Å². The van der Waals surface area contributed by atoms with Gasteiger partial charge in [-0.3, -0.25) is 0 Å². The molecule has 0 bridgehead atoms. The molecule has 0 aliphatic carbocycles. The summed E-state index contributed by atoms with van der Waals surface area (Å²) in [5.41, 5.74) is 10.1. The van der Waals surface area contributed by atoms with Gasteiger partial charge < -0.3 is 34.5 Å². The van der Waals surface area contributed by atoms with Crippen molar-refractivity contribution in [1.29, 1.82) is 0 Å². The van der Waals surface area contributed by atoms with E-state index in [4.69, 9.17) is 0 Å². The van der Waals surface area contributed by atoms with E-state index in [1.54, 1.807) is 0 Å². The summed E-state index contributed by atoms with van der Waals surface area (Å²) >= 11 is 0. The van der Waals surface area contributed by atoms with Crippen LogP contribution in [-0.2, 0) is 0 Å². The zero-order valence-electron chi connectivity index (χ0n) is 21.2. The van der Waals surface area contributed by atoms with E-state index in [0.717, 1.165) is 0 Å². The number of nitrogens with zero attached hydrogens (tertiary/aromatic N) is 2. The molecule has 4 rings (SSSR count). The van der Waals surface area contributed by atoms with E-state index in [2.05, 4.69) is 122 Å². The summed E-state index contributed by atoms with van der Waals surface area (Å²) in [6.07, 6.45) is 8.60. The van der Waals surface area contributed by atoms with Crippen LogP contribution in [-0.4, -0.2) is 14.5 Å². The average molecular weight is 540 g/mol. The summed E-state index contributed by atoms with van der Waals surface area (Å²) in [4.78, 5) is 0. The van der Waals surface area contributed by atoms with E-state index in [1.807, 2.05) is 0 Å². The predicted molar refractivity (Wildman–Crippen MR) is 134 cm³/mol. The molecule has 0 amide bonds. The van der Waals surface area contributed by atoms with Crippen LogP contribution in [0.4, 0.5) is 34.5 Å². The Morgan fingerprint density at radius 1 is 0.421 bits per heavy atom. The number of rotatable bonds is 3. The van der Waals surface area contributed by atoms with Gasteiger partial charge in [0.2, 0.25) is 11.4 Å². The lowest BCUT2D eigenvalue weighted by molar-refractivity contribution is -0.597. The van der Waals surface area contributed by atoms with Crippen molar-refractivity contribution in [3.8, 4) is 22.5 Å². The predicted octanol–water partition coefficient (Wildman–Crippen LogP) is 7.74. The third-order valence-electron chi connectivity index (χ3n) is 5.39. The smallest absolute Gasteiger partial charge is 0.418 e. The molecule has 0 unspecified atom stereocenters. The van der Waals surface area contributed by atoms with Crippen molar-refractivity contribution in [2.45, 2.75) is 27.7 Å². The molecule has 0 aliphatic rings. The monoisotopic (exact) mass is 540 g/mol. The normalized spacial score (nSPS) is 11.2. The zero-order valence-corrected chi connectivity index (χ0v) is 21.2. The number of aryl methyl sites for hydroxylation is 4. The lowest BCUT2D eigenvalue weighted by Crippen LogP contribution is -2.32. The number of pyridine rings is 2. The van der Waals surface area contributed by atoms with Crippen molar-refractivity contribution < 1.29 is 43.7 Å². The fourth-order valence-corrected chi connectivity index (χ4v) is 3.96. The Labute approximate surface area is 216 Å². The number of aromatic nitrogens is 2. The summed E-state index contributed by atoms with van der Waals surface area (Å²) in [6.45, 7) is 8.64. The molecular formula is C26H26B2F8N2. The van der Waals surface area contributed by atoms with Crippen LogP contribution in [0.3, 0.4) is 0 Å². The maximum Gasteiger partial charge on any atom is 0.673 e. The topological polar surface area (TPSA) is 7.76 Å². The van der Waals surface area contributed by atoms with Crippen LogP contribution in [0.2, 0.25) is 0 Å². The maximum absolute atomic E-state index is 9.75. The van der Waals surface area contributed by atoms with Gasteiger partial charge >= 0.3 is 14.5 Å². The number of hydrogen-bond acceptors (Lipinski definition) is 0. The number of para-hydroxylation sites is 2. The van der Waals surface area contributed by atoms with Gasteiger partial charge in [-0.05, 0) is 38.8 Å². The Morgan fingerprint density at radius 2 is 0.632 bits per heavy atom. The minimum absolute atomic E-state index is 1.22. The van der Waals surface area contributed by atoms with Crippen LogP contribution < -0.4 is 9.13 Å². The molecular weight excluding hydrogens is 514 g/mol. The average Bonchev–Trinajstić information content (AvgIpc) is 2.78. The van der Waals surface area contributed by atoms with E-state index in [1.165, 1.54) is 44.8 Å². The fourth-order valence-electron chi connectivity index (χ4n) is 3.96. The molecule has 0 aliphatic heterocycles. The molecule has 0 atom stereocenters. The molecule has 202 valence electrons. The van der Waals surface area contributed by atoms with Crippen LogP contribution in [0, 0.1) is 27.7 Å². The first-order chi connectivity index (χ1) is 17.5. The second kappa shape index (κ2) is 12.7. The summed E-state index contributed by atoms with van der Waals surface area (Å²) in [6, 6.07) is 21.6. The first-order valence-electron chi connectivity index (χ1n) is 11.5. The third-order valence-corrected chi connectivity index (χ3v) is 5.39. The molecule has 12 heteroatoms. The quantitative estimate of drug-likeness (QED) is 0.143. The van der Waals surface area contributed by atoms with Crippen LogP contribution in [0.1, 0.15) is 22.3 Å². The van der Waals surface area contributed by atoms with Gasteiger partial charge in [-0.2, -0.15) is 9.13 Å². The van der Waals surface area contributed by atoms with Gasteiger partial charge in [0.25, 0.3) is 0 Å². The highest BCUT2D eigenvalue weighted by molar-refractivity contribution is 6.50. The molecule has 38 heavy (non-hydrogen) atoms. The van der Waals surface area contributed by atoms with E-state index in [0.29, 0.717) is 0 Å². The van der Waals surface area contributed by atoms with Crippen molar-refractivity contribution in [3.63, 3.8) is 0 Å². The summed E-state index contributed by atoms with van der Waals surface area (Å²) in [5.74, 6) is 0. The van der Waals surface area contributed by atoms with Crippen molar-refractivity contribution in [3.05, 3.63) is 108 Å². The Bertz CT molecular complexity index is 1180. The second-order valence-electron chi connectivity index (χ2n) is 8.46. The SMILES string of the molecule is Cc1cccc(C)c1-[n+]1ccc(-c2cc[n+](-c3c(C)cccc3C)cc2)cc1.F[B-](F)(F)F.F[B-](F)(F)F. The first-order valence-corrected chi connectivity index (χ1v) is 11.5.